The van der Waals surface area contributed by atoms with Crippen molar-refractivity contribution in [3.63, 3.8) is 0 Å². The molecule has 2 aromatic heterocycles. The predicted octanol–water partition coefficient (Wildman–Crippen LogP) is 0.982. The molecule has 1 aliphatic heterocycles. The molecule has 0 unspecified atom stereocenters. The van der Waals surface area contributed by atoms with E-state index in [0.29, 0.717) is 29.2 Å². The van der Waals surface area contributed by atoms with Crippen molar-refractivity contribution in [2.24, 2.45) is 7.05 Å². The van der Waals surface area contributed by atoms with Gasteiger partial charge in [-0.25, -0.2) is 14.3 Å². The van der Waals surface area contributed by atoms with Crippen LogP contribution in [0.4, 0.5) is 5.13 Å². The van der Waals surface area contributed by atoms with Gasteiger partial charge in [-0.15, -0.1) is 0 Å². The number of para-hydroxylation sites is 1. The second-order valence-corrected chi connectivity index (χ2v) is 6.54. The average molecular weight is 344 g/mol. The van der Waals surface area contributed by atoms with Crippen LogP contribution >= 0.6 is 11.3 Å². The molecule has 0 N–H and O–H groups in total. The third-order valence-electron chi connectivity index (χ3n) is 4.09. The van der Waals surface area contributed by atoms with E-state index in [0.717, 1.165) is 18.2 Å². The smallest absolute Gasteiger partial charge is 0.337 e. The molecule has 3 aromatic rings. The lowest BCUT2D eigenvalue weighted by molar-refractivity contribution is 0.122. The van der Waals surface area contributed by atoms with Gasteiger partial charge in [-0.2, -0.15) is 0 Å². The Morgan fingerprint density at radius 1 is 1.12 bits per heavy atom. The number of anilines is 1. The summed E-state index contributed by atoms with van der Waals surface area (Å²) in [5, 5.41) is 0.756. The molecular weight excluding hydrogens is 328 g/mol. The number of hydrogen-bond acceptors (Lipinski definition) is 6. The molecule has 1 fully saturated rings. The highest BCUT2D eigenvalue weighted by molar-refractivity contribution is 7.22. The van der Waals surface area contributed by atoms with E-state index in [1.807, 2.05) is 6.07 Å². The Morgan fingerprint density at radius 3 is 2.54 bits per heavy atom. The second-order valence-electron chi connectivity index (χ2n) is 5.57. The Labute approximate surface area is 141 Å². The van der Waals surface area contributed by atoms with E-state index in [2.05, 4.69) is 9.88 Å². The first-order chi connectivity index (χ1) is 11.7. The standard InChI is InChI=1S/C16H16N4O3S/c1-18-13-12(24-15(17-13)19-7-9-23-10-8-19)14(21)20(16(18)22)11-5-3-2-4-6-11/h2-6H,7-10H2,1H3. The molecule has 1 saturated heterocycles. The van der Waals surface area contributed by atoms with Crippen LogP contribution in [0.2, 0.25) is 0 Å². The highest BCUT2D eigenvalue weighted by atomic mass is 32.1. The van der Waals surface area contributed by atoms with Crippen LogP contribution in [0.3, 0.4) is 0 Å². The molecule has 0 aliphatic carbocycles. The molecule has 0 saturated carbocycles. The van der Waals surface area contributed by atoms with Gasteiger partial charge >= 0.3 is 5.69 Å². The van der Waals surface area contributed by atoms with Gasteiger partial charge in [0.15, 0.2) is 10.8 Å². The first-order valence-corrected chi connectivity index (χ1v) is 8.49. The molecule has 1 aromatic carbocycles. The van der Waals surface area contributed by atoms with E-state index < -0.39 is 5.69 Å². The summed E-state index contributed by atoms with van der Waals surface area (Å²) < 4.78 is 8.47. The Hall–Kier alpha value is -2.45. The second kappa shape index (κ2) is 5.88. The number of aromatic nitrogens is 3. The minimum atomic E-state index is -0.391. The van der Waals surface area contributed by atoms with Crippen molar-refractivity contribution in [3.8, 4) is 5.69 Å². The molecule has 8 heteroatoms. The molecule has 124 valence electrons. The summed E-state index contributed by atoms with van der Waals surface area (Å²) in [4.78, 5) is 32.1. The van der Waals surface area contributed by atoms with E-state index in [9.17, 15) is 9.59 Å². The molecular formula is C16H16N4O3S. The SMILES string of the molecule is Cn1c(=O)n(-c2ccccc2)c(=O)c2sc(N3CCOCC3)nc21. The van der Waals surface area contributed by atoms with E-state index in [-0.39, 0.29) is 5.56 Å². The van der Waals surface area contributed by atoms with Gasteiger partial charge in [-0.3, -0.25) is 9.36 Å². The summed E-state index contributed by atoms with van der Waals surface area (Å²) in [6.45, 7) is 2.76. The molecule has 0 radical (unpaired) electrons. The number of ether oxygens (including phenoxy) is 1. The number of aryl methyl sites for hydroxylation is 1. The zero-order valence-electron chi connectivity index (χ0n) is 13.1. The van der Waals surface area contributed by atoms with Crippen LogP contribution in [0.15, 0.2) is 39.9 Å². The van der Waals surface area contributed by atoms with Crippen LogP contribution < -0.4 is 16.1 Å². The number of thiazole rings is 1. The number of morpholine rings is 1. The lowest BCUT2D eigenvalue weighted by atomic mass is 10.3. The van der Waals surface area contributed by atoms with Gasteiger partial charge < -0.3 is 9.64 Å². The zero-order valence-corrected chi connectivity index (χ0v) is 14.0. The first-order valence-electron chi connectivity index (χ1n) is 7.67. The summed E-state index contributed by atoms with van der Waals surface area (Å²) >= 11 is 1.33. The van der Waals surface area contributed by atoms with E-state index in [1.54, 1.807) is 31.3 Å². The Bertz CT molecular complexity index is 1000. The number of fused-ring (bicyclic) bond motifs is 1. The monoisotopic (exact) mass is 344 g/mol. The van der Waals surface area contributed by atoms with Gasteiger partial charge in [0.1, 0.15) is 4.70 Å². The van der Waals surface area contributed by atoms with Gasteiger partial charge in [0.2, 0.25) is 0 Å². The fourth-order valence-electron chi connectivity index (χ4n) is 2.79. The molecule has 0 spiro atoms. The number of benzene rings is 1. The topological polar surface area (TPSA) is 69.4 Å². The number of rotatable bonds is 2. The summed E-state index contributed by atoms with van der Waals surface area (Å²) in [7, 11) is 1.65. The van der Waals surface area contributed by atoms with E-state index >= 15 is 0 Å². The minimum Gasteiger partial charge on any atom is -0.378 e. The van der Waals surface area contributed by atoms with Gasteiger partial charge in [-0.05, 0) is 12.1 Å². The van der Waals surface area contributed by atoms with Crippen molar-refractivity contribution in [2.75, 3.05) is 31.2 Å². The third kappa shape index (κ3) is 2.35. The largest absolute Gasteiger partial charge is 0.378 e. The highest BCUT2D eigenvalue weighted by Gasteiger charge is 2.20. The van der Waals surface area contributed by atoms with Crippen LogP contribution in [-0.4, -0.2) is 40.4 Å². The molecule has 3 heterocycles. The highest BCUT2D eigenvalue weighted by Crippen LogP contribution is 2.26. The van der Waals surface area contributed by atoms with Gasteiger partial charge in [0, 0.05) is 20.1 Å². The molecule has 24 heavy (non-hydrogen) atoms. The van der Waals surface area contributed by atoms with Crippen molar-refractivity contribution in [1.29, 1.82) is 0 Å². The maximum atomic E-state index is 12.9. The summed E-state index contributed by atoms with van der Waals surface area (Å²) in [6, 6.07) is 8.95. The number of nitrogens with zero attached hydrogens (tertiary/aromatic N) is 4. The fourth-order valence-corrected chi connectivity index (χ4v) is 3.87. The normalized spacial score (nSPS) is 15.1. The minimum absolute atomic E-state index is 0.323. The molecule has 7 nitrogen and oxygen atoms in total. The maximum Gasteiger partial charge on any atom is 0.337 e. The molecule has 0 amide bonds. The quantitative estimate of drug-likeness (QED) is 0.693. The Morgan fingerprint density at radius 2 is 1.83 bits per heavy atom. The third-order valence-corrected chi connectivity index (χ3v) is 5.18. The van der Waals surface area contributed by atoms with Gasteiger partial charge in [0.25, 0.3) is 5.56 Å². The van der Waals surface area contributed by atoms with Crippen LogP contribution in [0.25, 0.3) is 16.0 Å². The van der Waals surface area contributed by atoms with Gasteiger partial charge in [0.05, 0.1) is 18.9 Å². The van der Waals surface area contributed by atoms with Crippen LogP contribution in [-0.2, 0) is 11.8 Å². The molecule has 1 aliphatic rings. The zero-order chi connectivity index (χ0) is 16.7. The van der Waals surface area contributed by atoms with Crippen molar-refractivity contribution in [1.82, 2.24) is 14.1 Å². The van der Waals surface area contributed by atoms with Crippen molar-refractivity contribution >= 4 is 26.8 Å². The summed E-state index contributed by atoms with van der Waals surface area (Å²) in [5.41, 5.74) is 0.281. The summed E-state index contributed by atoms with van der Waals surface area (Å²) in [5.74, 6) is 0. The van der Waals surface area contributed by atoms with Crippen molar-refractivity contribution in [3.05, 3.63) is 51.2 Å². The maximum absolute atomic E-state index is 12.9. The predicted molar refractivity (Wildman–Crippen MR) is 93.5 cm³/mol. The van der Waals surface area contributed by atoms with Gasteiger partial charge in [-0.1, -0.05) is 29.5 Å². The van der Waals surface area contributed by atoms with Crippen LogP contribution in [0.5, 0.6) is 0 Å². The van der Waals surface area contributed by atoms with Crippen LogP contribution in [0, 0.1) is 0 Å². The fraction of sp³-hybridized carbons (Fsp3) is 0.312. The van der Waals surface area contributed by atoms with Crippen molar-refractivity contribution < 1.29 is 4.74 Å². The molecule has 0 atom stereocenters. The van der Waals surface area contributed by atoms with Crippen LogP contribution in [0.1, 0.15) is 0 Å². The lowest BCUT2D eigenvalue weighted by Crippen LogP contribution is -2.37. The molecule has 0 bridgehead atoms. The van der Waals surface area contributed by atoms with E-state index in [4.69, 9.17) is 4.74 Å². The van der Waals surface area contributed by atoms with Crippen molar-refractivity contribution in [2.45, 2.75) is 0 Å². The number of hydrogen-bond donors (Lipinski definition) is 0. The first kappa shape index (κ1) is 15.1. The average Bonchev–Trinajstić information content (AvgIpc) is 3.08. The lowest BCUT2D eigenvalue weighted by Gasteiger charge is -2.25. The van der Waals surface area contributed by atoms with E-state index in [1.165, 1.54) is 20.5 Å². The molecule has 4 rings (SSSR count). The Balaban J connectivity index is 1.94. The summed E-state index contributed by atoms with van der Waals surface area (Å²) in [6.07, 6.45) is 0. The Kier molecular flexibility index (Phi) is 3.70.